The molecular formula is C75H133NO8. The maximum absolute atomic E-state index is 13.1. The van der Waals surface area contributed by atoms with Crippen LogP contribution in [0.5, 0.6) is 0 Å². The molecule has 0 bridgehead atoms. The summed E-state index contributed by atoms with van der Waals surface area (Å²) in [7, 11) is 0. The van der Waals surface area contributed by atoms with Crippen molar-refractivity contribution in [2.75, 3.05) is 13.2 Å². The minimum absolute atomic E-state index is 0.187. The highest BCUT2D eigenvalue weighted by Crippen LogP contribution is 2.23. The van der Waals surface area contributed by atoms with Crippen LogP contribution in [0.4, 0.5) is 0 Å². The molecule has 9 nitrogen and oxygen atoms in total. The van der Waals surface area contributed by atoms with Gasteiger partial charge in [0.05, 0.1) is 25.4 Å². The van der Waals surface area contributed by atoms with Gasteiger partial charge in [0, 0.05) is 6.42 Å². The summed E-state index contributed by atoms with van der Waals surface area (Å²) in [5.41, 5.74) is 0. The summed E-state index contributed by atoms with van der Waals surface area (Å²) in [5, 5.41) is 54.8. The van der Waals surface area contributed by atoms with E-state index in [-0.39, 0.29) is 12.5 Å². The van der Waals surface area contributed by atoms with E-state index in [0.29, 0.717) is 6.42 Å². The number of hydrogen-bond donors (Lipinski definition) is 6. The van der Waals surface area contributed by atoms with Crippen LogP contribution in [-0.2, 0) is 14.3 Å². The molecule has 0 aromatic heterocycles. The highest BCUT2D eigenvalue weighted by molar-refractivity contribution is 5.76. The van der Waals surface area contributed by atoms with Crippen LogP contribution < -0.4 is 5.32 Å². The molecule has 486 valence electrons. The molecule has 0 aliphatic carbocycles. The van der Waals surface area contributed by atoms with Gasteiger partial charge in [-0.15, -0.1) is 0 Å². The molecular weight excluding hydrogens is 1040 g/mol. The molecule has 84 heavy (non-hydrogen) atoms. The Balaban J connectivity index is 2.15. The van der Waals surface area contributed by atoms with Gasteiger partial charge in [0.2, 0.25) is 5.91 Å². The molecule has 1 aliphatic rings. The lowest BCUT2D eigenvalue weighted by Crippen LogP contribution is -2.60. The van der Waals surface area contributed by atoms with Crippen LogP contribution in [0.15, 0.2) is 97.2 Å². The number of ether oxygens (including phenoxy) is 2. The summed E-state index contributed by atoms with van der Waals surface area (Å²) in [6.45, 7) is 3.68. The largest absolute Gasteiger partial charge is 0.394 e. The lowest BCUT2D eigenvalue weighted by Gasteiger charge is -2.40. The third-order valence-corrected chi connectivity index (χ3v) is 16.4. The fourth-order valence-electron chi connectivity index (χ4n) is 10.9. The standard InChI is InChI=1S/C75H133NO8/c1-3-5-7-9-11-13-15-17-19-21-23-25-27-29-31-33-34-35-36-37-39-41-43-45-47-49-51-53-55-57-59-61-63-65-71(79)76-68(67-83-75-74(82)73(81)72(80)70(66-77)84-75)69(78)64-62-60-58-56-54-52-50-48-46-44-42-40-38-32-30-28-26-24-22-20-18-16-14-12-10-8-6-4-2/h5,7,11,13,17,19,23,25,29,31,34-35,54,56,62,64,68-70,72-75,77-78,80-82H,3-4,6,8-10,12,14-16,18,20-22,24,26-28,30,32-33,36-53,55,57-61,63,65-67H2,1-2H3,(H,76,79)/b7-5-,13-11-,19-17-,25-23-,31-29-,35-34-,56-54+,64-62+. The summed E-state index contributed by atoms with van der Waals surface area (Å²) in [5.74, 6) is -0.187. The zero-order valence-corrected chi connectivity index (χ0v) is 54.4. The van der Waals surface area contributed by atoms with E-state index < -0.39 is 49.5 Å². The zero-order valence-electron chi connectivity index (χ0n) is 54.4. The predicted octanol–water partition coefficient (Wildman–Crippen LogP) is 19.5. The second kappa shape index (κ2) is 63.1. The summed E-state index contributed by atoms with van der Waals surface area (Å²) in [6.07, 6.45) is 85.1. The number of unbranched alkanes of at least 4 members (excludes halogenated alkanes) is 37. The first-order valence-corrected chi connectivity index (χ1v) is 35.5. The van der Waals surface area contributed by atoms with Crippen molar-refractivity contribution >= 4 is 5.91 Å². The zero-order chi connectivity index (χ0) is 60.7. The molecule has 1 aliphatic heterocycles. The van der Waals surface area contributed by atoms with Crippen LogP contribution in [0.3, 0.4) is 0 Å². The van der Waals surface area contributed by atoms with Gasteiger partial charge in [0.25, 0.3) is 0 Å². The minimum atomic E-state index is -1.58. The topological polar surface area (TPSA) is 149 Å². The van der Waals surface area contributed by atoms with Gasteiger partial charge in [0.1, 0.15) is 24.4 Å². The second-order valence-corrected chi connectivity index (χ2v) is 24.3. The van der Waals surface area contributed by atoms with Crippen molar-refractivity contribution in [1.82, 2.24) is 5.32 Å². The molecule has 0 radical (unpaired) electrons. The maximum Gasteiger partial charge on any atom is 0.220 e. The number of aliphatic hydroxyl groups excluding tert-OH is 5. The first-order chi connectivity index (χ1) is 41.3. The van der Waals surface area contributed by atoms with Gasteiger partial charge >= 0.3 is 0 Å². The van der Waals surface area contributed by atoms with Crippen molar-refractivity contribution < 1.29 is 39.8 Å². The van der Waals surface area contributed by atoms with Crippen LogP contribution in [0.25, 0.3) is 0 Å². The van der Waals surface area contributed by atoms with E-state index in [4.69, 9.17) is 9.47 Å². The number of amides is 1. The van der Waals surface area contributed by atoms with Gasteiger partial charge in [-0.05, 0) is 83.5 Å². The van der Waals surface area contributed by atoms with E-state index in [0.717, 1.165) is 77.0 Å². The first-order valence-electron chi connectivity index (χ1n) is 35.5. The Morgan fingerprint density at radius 3 is 1.14 bits per heavy atom. The van der Waals surface area contributed by atoms with E-state index in [2.05, 4.69) is 104 Å². The Morgan fingerprint density at radius 2 is 0.750 bits per heavy atom. The van der Waals surface area contributed by atoms with Gasteiger partial charge in [-0.2, -0.15) is 0 Å². The molecule has 9 heteroatoms. The lowest BCUT2D eigenvalue weighted by molar-refractivity contribution is -0.302. The van der Waals surface area contributed by atoms with Crippen LogP contribution in [-0.4, -0.2) is 87.5 Å². The first kappa shape index (κ1) is 79.1. The summed E-state index contributed by atoms with van der Waals surface area (Å²) in [4.78, 5) is 13.1. The molecule has 7 unspecified atom stereocenters. The number of hydrogen-bond acceptors (Lipinski definition) is 8. The quantitative estimate of drug-likeness (QED) is 0.0261. The number of carbonyl (C=O) groups is 1. The lowest BCUT2D eigenvalue weighted by atomic mass is 9.99. The number of carbonyl (C=O) groups excluding carboxylic acids is 1. The van der Waals surface area contributed by atoms with Gasteiger partial charge < -0.3 is 40.3 Å². The number of nitrogens with one attached hydrogen (secondary N) is 1. The van der Waals surface area contributed by atoms with Gasteiger partial charge in [-0.3, -0.25) is 4.79 Å². The fraction of sp³-hybridized carbons (Fsp3) is 0.773. The average molecular weight is 1180 g/mol. The second-order valence-electron chi connectivity index (χ2n) is 24.3. The Kier molecular flexibility index (Phi) is 59.5. The minimum Gasteiger partial charge on any atom is -0.394 e. The molecule has 0 aromatic carbocycles. The molecule has 1 rings (SSSR count). The molecule has 0 spiro atoms. The molecule has 1 amide bonds. The third-order valence-electron chi connectivity index (χ3n) is 16.4. The average Bonchev–Trinajstić information content (AvgIpc) is 3.70. The highest BCUT2D eigenvalue weighted by Gasteiger charge is 2.44. The molecule has 7 atom stereocenters. The highest BCUT2D eigenvalue weighted by atomic mass is 16.7. The van der Waals surface area contributed by atoms with Gasteiger partial charge in [-0.1, -0.05) is 323 Å². The van der Waals surface area contributed by atoms with Crippen molar-refractivity contribution in [3.05, 3.63) is 97.2 Å². The van der Waals surface area contributed by atoms with E-state index >= 15 is 0 Å². The van der Waals surface area contributed by atoms with Crippen molar-refractivity contribution in [1.29, 1.82) is 0 Å². The van der Waals surface area contributed by atoms with Crippen LogP contribution in [0, 0.1) is 0 Å². The molecule has 6 N–H and O–H groups in total. The van der Waals surface area contributed by atoms with Crippen LogP contribution in [0.2, 0.25) is 0 Å². The van der Waals surface area contributed by atoms with Crippen LogP contribution in [0.1, 0.15) is 316 Å². The van der Waals surface area contributed by atoms with Gasteiger partial charge in [0.15, 0.2) is 6.29 Å². The van der Waals surface area contributed by atoms with Gasteiger partial charge in [-0.25, -0.2) is 0 Å². The normalized spacial score (nSPS) is 18.8. The van der Waals surface area contributed by atoms with Crippen molar-refractivity contribution in [2.45, 2.75) is 358 Å². The molecule has 1 heterocycles. The van der Waals surface area contributed by atoms with E-state index in [9.17, 15) is 30.3 Å². The van der Waals surface area contributed by atoms with Crippen molar-refractivity contribution in [3.63, 3.8) is 0 Å². The SMILES string of the molecule is CC/C=C\C/C=C\C/C=C\C/C=C\C/C=C\C/C=C\CCCCCCCCCCCCCCCCC(=O)NC(COC1OC(CO)C(O)C(O)C1O)C(O)/C=C/CC/C=C/CCCCCCCCCCCCCCCCCCCCCCCC. The van der Waals surface area contributed by atoms with E-state index in [1.165, 1.54) is 218 Å². The summed E-state index contributed by atoms with van der Waals surface area (Å²) in [6, 6.07) is -0.829. The number of aliphatic hydroxyl groups is 5. The monoisotopic (exact) mass is 1180 g/mol. The summed E-state index contributed by atoms with van der Waals surface area (Å²) < 4.78 is 11.3. The van der Waals surface area contributed by atoms with Crippen molar-refractivity contribution in [2.24, 2.45) is 0 Å². The van der Waals surface area contributed by atoms with E-state index in [1.807, 2.05) is 6.08 Å². The molecule has 1 fully saturated rings. The maximum atomic E-state index is 13.1. The van der Waals surface area contributed by atoms with Crippen molar-refractivity contribution in [3.8, 4) is 0 Å². The van der Waals surface area contributed by atoms with E-state index in [1.54, 1.807) is 6.08 Å². The Bertz CT molecular complexity index is 1650. The smallest absolute Gasteiger partial charge is 0.220 e. The molecule has 0 saturated carbocycles. The Labute approximate surface area is 517 Å². The molecule has 1 saturated heterocycles. The Morgan fingerprint density at radius 1 is 0.417 bits per heavy atom. The number of rotatable bonds is 61. The molecule has 0 aromatic rings. The predicted molar refractivity (Wildman–Crippen MR) is 359 cm³/mol. The number of allylic oxidation sites excluding steroid dienone is 15. The van der Waals surface area contributed by atoms with Crippen LogP contribution >= 0.6 is 0 Å². The fourth-order valence-corrected chi connectivity index (χ4v) is 10.9. The Hall–Kier alpha value is -2.89. The summed E-state index contributed by atoms with van der Waals surface area (Å²) >= 11 is 0. The third kappa shape index (κ3) is 51.2.